The molecule has 0 spiro atoms. The molecular formula is C26H26F3N5OS. The molecule has 0 saturated heterocycles. The van der Waals surface area contributed by atoms with Gasteiger partial charge in [-0.05, 0) is 28.7 Å². The maximum Gasteiger partial charge on any atom is 0.433 e. The number of likely N-dealkylation sites (N-methyl/N-ethyl adjacent to an activating group) is 1. The lowest BCUT2D eigenvalue weighted by Crippen LogP contribution is -2.42. The molecule has 2 atom stereocenters. The maximum atomic E-state index is 13.8. The molecule has 0 fully saturated rings. The van der Waals surface area contributed by atoms with E-state index in [4.69, 9.17) is 5.41 Å². The van der Waals surface area contributed by atoms with Crippen LogP contribution in [0.3, 0.4) is 0 Å². The maximum absolute atomic E-state index is 13.8. The Bertz CT molecular complexity index is 1290. The van der Waals surface area contributed by atoms with Crippen LogP contribution in [0.25, 0.3) is 5.57 Å². The van der Waals surface area contributed by atoms with E-state index < -0.39 is 17.8 Å². The van der Waals surface area contributed by atoms with Gasteiger partial charge in [-0.15, -0.1) is 11.3 Å². The third-order valence-electron chi connectivity index (χ3n) is 6.53. The fourth-order valence-electron chi connectivity index (χ4n) is 4.73. The normalized spacial score (nSPS) is 23.1. The number of hydrogen-bond acceptors (Lipinski definition) is 6. The largest absolute Gasteiger partial charge is 0.433 e. The molecule has 10 heteroatoms. The number of carbonyl (C=O) groups excluding carboxylic acids is 1. The van der Waals surface area contributed by atoms with Crippen molar-refractivity contribution >= 4 is 28.5 Å². The molecule has 2 aliphatic rings. The quantitative estimate of drug-likeness (QED) is 0.551. The van der Waals surface area contributed by atoms with Crippen molar-refractivity contribution in [1.82, 2.24) is 15.3 Å². The Morgan fingerprint density at radius 1 is 1.28 bits per heavy atom. The number of hydrogen-bond donors (Lipinski definition) is 2. The Balaban J connectivity index is 1.96. The Morgan fingerprint density at radius 2 is 2.00 bits per heavy atom. The lowest BCUT2D eigenvalue weighted by Gasteiger charge is -2.33. The van der Waals surface area contributed by atoms with Crippen molar-refractivity contribution in [3.63, 3.8) is 0 Å². The smallest absolute Gasteiger partial charge is 0.333 e. The summed E-state index contributed by atoms with van der Waals surface area (Å²) in [6.07, 6.45) is -0.392. The number of nitrogens with zero attached hydrogens (tertiary/aromatic N) is 3. The van der Waals surface area contributed by atoms with Crippen LogP contribution < -0.4 is 5.43 Å². The van der Waals surface area contributed by atoms with Crippen molar-refractivity contribution in [3.8, 4) is 6.07 Å². The number of nitriles is 1. The van der Waals surface area contributed by atoms with Crippen molar-refractivity contribution in [2.24, 2.45) is 5.92 Å². The highest BCUT2D eigenvalue weighted by molar-refractivity contribution is 7.12. The van der Waals surface area contributed by atoms with E-state index in [1.807, 2.05) is 13.8 Å². The minimum Gasteiger partial charge on any atom is -0.333 e. The van der Waals surface area contributed by atoms with Crippen molar-refractivity contribution in [2.45, 2.75) is 38.5 Å². The van der Waals surface area contributed by atoms with Gasteiger partial charge in [0.25, 0.3) is 0 Å². The average molecular weight is 514 g/mol. The van der Waals surface area contributed by atoms with Gasteiger partial charge < -0.3 is 10.3 Å². The van der Waals surface area contributed by atoms with Crippen LogP contribution in [0.4, 0.5) is 13.2 Å². The summed E-state index contributed by atoms with van der Waals surface area (Å²) in [6.45, 7) is 4.47. The van der Waals surface area contributed by atoms with Crippen molar-refractivity contribution < 1.29 is 18.0 Å². The summed E-state index contributed by atoms with van der Waals surface area (Å²) in [6, 6.07) is 10.3. The summed E-state index contributed by atoms with van der Waals surface area (Å²) in [5, 5.41) is 19.1. The van der Waals surface area contributed by atoms with Crippen LogP contribution in [0.1, 0.15) is 46.2 Å². The fourth-order valence-corrected chi connectivity index (χ4v) is 5.76. The molecule has 2 aliphatic heterocycles. The Labute approximate surface area is 211 Å². The Morgan fingerprint density at radius 3 is 2.67 bits per heavy atom. The Hall–Kier alpha value is -3.42. The van der Waals surface area contributed by atoms with Gasteiger partial charge in [-0.1, -0.05) is 44.2 Å². The van der Waals surface area contributed by atoms with Crippen LogP contribution in [0.5, 0.6) is 0 Å². The molecule has 1 unspecified atom stereocenters. The fraction of sp³-hybridized carbons (Fsp3) is 0.346. The number of benzene rings is 1. The molecule has 4 rings (SSSR count). The molecule has 1 amide bonds. The average Bonchev–Trinajstić information content (AvgIpc) is 3.26. The summed E-state index contributed by atoms with van der Waals surface area (Å²) in [7, 11) is 1.69. The predicted molar refractivity (Wildman–Crippen MR) is 133 cm³/mol. The number of fused-ring (bicyclic) bond motifs is 6. The first kappa shape index (κ1) is 25.7. The number of carbonyl (C=O) groups is 1. The molecular weight excluding hydrogens is 487 g/mol. The number of alkyl halides is 3. The zero-order valence-corrected chi connectivity index (χ0v) is 20.9. The Kier molecular flexibility index (Phi) is 7.07. The standard InChI is InChI=1S/C26H26F3N5OS/c1-15(2)22-8-9-24(35)34-13-21(19-10-16(11-30)36-23(19)14-34)18-7-5-4-6-17(18)20(12-32-33(22)3)25(31)26(27,28)29/h4-10,12,15,21-22,31-32H,13-14H2,1-3H3/b9-8+,20-12-,31-25?/t21-,22?/m0/s1. The molecule has 188 valence electrons. The number of nitrogens with one attached hydrogen (secondary N) is 2. The van der Waals surface area contributed by atoms with Gasteiger partial charge in [0.15, 0.2) is 0 Å². The monoisotopic (exact) mass is 513 g/mol. The second-order valence-corrected chi connectivity index (χ2v) is 10.4. The lowest BCUT2D eigenvalue weighted by atomic mass is 9.83. The number of allylic oxidation sites excluding steroid dienone is 1. The van der Waals surface area contributed by atoms with Crippen LogP contribution in [0.2, 0.25) is 0 Å². The second-order valence-electron chi connectivity index (χ2n) is 9.22. The van der Waals surface area contributed by atoms with Gasteiger partial charge in [-0.25, -0.2) is 5.01 Å². The molecule has 0 aliphatic carbocycles. The molecule has 6 nitrogen and oxygen atoms in total. The van der Waals surface area contributed by atoms with Gasteiger partial charge in [-0.3, -0.25) is 10.2 Å². The number of hydrazine groups is 1. The highest BCUT2D eigenvalue weighted by atomic mass is 32.1. The molecule has 1 aromatic heterocycles. The molecule has 1 aromatic carbocycles. The summed E-state index contributed by atoms with van der Waals surface area (Å²) >= 11 is 1.29. The van der Waals surface area contributed by atoms with E-state index in [1.54, 1.807) is 53.4 Å². The SMILES string of the molecule is CC(C)C1/C=C/C(=O)N2Cc3sc(C#N)cc3[C@@H](C2)c2ccccc2/C(C(=N)C(F)(F)F)=C/NN1C. The molecule has 0 radical (unpaired) electrons. The van der Waals surface area contributed by atoms with Crippen LogP contribution >= 0.6 is 11.3 Å². The number of amides is 1. The summed E-state index contributed by atoms with van der Waals surface area (Å²) in [5.41, 5.74) is 2.80. The van der Waals surface area contributed by atoms with Gasteiger partial charge in [0.1, 0.15) is 16.7 Å². The summed E-state index contributed by atoms with van der Waals surface area (Å²) < 4.78 is 41.5. The van der Waals surface area contributed by atoms with Crippen molar-refractivity contribution in [3.05, 3.63) is 75.1 Å². The van der Waals surface area contributed by atoms with Gasteiger partial charge in [0, 0.05) is 48.3 Å². The molecule has 3 heterocycles. The van der Waals surface area contributed by atoms with E-state index in [2.05, 4.69) is 11.5 Å². The van der Waals surface area contributed by atoms with Gasteiger partial charge in [0.05, 0.1) is 6.54 Å². The minimum atomic E-state index is -4.86. The molecule has 36 heavy (non-hydrogen) atoms. The van der Waals surface area contributed by atoms with E-state index in [9.17, 15) is 23.2 Å². The van der Waals surface area contributed by atoms with Gasteiger partial charge >= 0.3 is 6.18 Å². The summed E-state index contributed by atoms with van der Waals surface area (Å²) in [4.78, 5) is 16.2. The van der Waals surface area contributed by atoms with Gasteiger partial charge in [0.2, 0.25) is 5.91 Å². The van der Waals surface area contributed by atoms with Crippen molar-refractivity contribution in [2.75, 3.05) is 13.6 Å². The lowest BCUT2D eigenvalue weighted by molar-refractivity contribution is -0.127. The van der Waals surface area contributed by atoms with Crippen molar-refractivity contribution in [1.29, 1.82) is 10.7 Å². The number of thiophene rings is 1. The predicted octanol–water partition coefficient (Wildman–Crippen LogP) is 5.05. The number of rotatable bonds is 2. The van der Waals surface area contributed by atoms with Crippen LogP contribution in [-0.4, -0.2) is 47.3 Å². The van der Waals surface area contributed by atoms with E-state index in [-0.39, 0.29) is 35.5 Å². The van der Waals surface area contributed by atoms with E-state index in [0.717, 1.165) is 10.4 Å². The van der Waals surface area contributed by atoms with Gasteiger partial charge in [-0.2, -0.15) is 18.4 Å². The van der Waals surface area contributed by atoms with Crippen LogP contribution in [-0.2, 0) is 11.3 Å². The zero-order chi connectivity index (χ0) is 26.2. The molecule has 0 saturated carbocycles. The van der Waals surface area contributed by atoms with Crippen LogP contribution in [0.15, 0.2) is 48.7 Å². The highest BCUT2D eigenvalue weighted by Crippen LogP contribution is 2.41. The number of halogens is 3. The molecule has 2 aromatic rings. The topological polar surface area (TPSA) is 83.2 Å². The first-order chi connectivity index (χ1) is 17.0. The first-order valence-electron chi connectivity index (χ1n) is 11.5. The first-order valence-corrected chi connectivity index (χ1v) is 12.3. The second kappa shape index (κ2) is 9.91. The van der Waals surface area contributed by atoms with E-state index in [1.165, 1.54) is 23.6 Å². The highest BCUT2D eigenvalue weighted by Gasteiger charge is 2.39. The van der Waals surface area contributed by atoms with E-state index >= 15 is 0 Å². The third kappa shape index (κ3) is 4.94. The molecule has 2 bridgehead atoms. The minimum absolute atomic E-state index is 0.0408. The zero-order valence-electron chi connectivity index (χ0n) is 20.1. The third-order valence-corrected chi connectivity index (χ3v) is 7.57. The van der Waals surface area contributed by atoms with E-state index in [0.29, 0.717) is 17.0 Å². The van der Waals surface area contributed by atoms with Crippen LogP contribution in [0, 0.1) is 22.7 Å². The summed E-state index contributed by atoms with van der Waals surface area (Å²) in [5.74, 6) is -0.618. The molecule has 2 N–H and O–H groups in total.